The van der Waals surface area contributed by atoms with Crippen molar-refractivity contribution >= 4 is 18.2 Å². The van der Waals surface area contributed by atoms with Gasteiger partial charge < -0.3 is 5.32 Å². The van der Waals surface area contributed by atoms with Crippen LogP contribution in [0.4, 0.5) is 0 Å². The third-order valence-corrected chi connectivity index (χ3v) is 2.95. The van der Waals surface area contributed by atoms with E-state index in [1.54, 1.807) is 0 Å². The average Bonchev–Trinajstić information content (AvgIpc) is 2.81. The largest absolute Gasteiger partial charge is 0.307 e. The molecule has 1 saturated heterocycles. The summed E-state index contributed by atoms with van der Waals surface area (Å²) in [4.78, 5) is 11.8. The number of Topliss-reactive ketones (excluding diaryl/α,β-unsaturated/α-hetero) is 1. The van der Waals surface area contributed by atoms with Gasteiger partial charge in [0, 0.05) is 6.42 Å². The second-order valence-electron chi connectivity index (χ2n) is 4.10. The van der Waals surface area contributed by atoms with E-state index < -0.39 is 0 Å². The summed E-state index contributed by atoms with van der Waals surface area (Å²) < 4.78 is 0. The fraction of sp³-hybridized carbons (Fsp3) is 0.462. The number of aryl methyl sites for hydroxylation is 1. The van der Waals surface area contributed by atoms with Crippen LogP contribution in [0.3, 0.4) is 0 Å². The maximum absolute atomic E-state index is 11.8. The van der Waals surface area contributed by atoms with Gasteiger partial charge in [0.05, 0.1) is 6.04 Å². The van der Waals surface area contributed by atoms with Crippen LogP contribution in [-0.2, 0) is 11.2 Å². The van der Waals surface area contributed by atoms with Crippen molar-refractivity contribution in [1.29, 1.82) is 0 Å². The molecule has 1 N–H and O–H groups in total. The number of hydrogen-bond donors (Lipinski definition) is 1. The predicted molar refractivity (Wildman–Crippen MR) is 68.0 cm³/mol. The molecule has 0 radical (unpaired) electrons. The van der Waals surface area contributed by atoms with Gasteiger partial charge in [0.1, 0.15) is 5.78 Å². The molecule has 0 aliphatic carbocycles. The standard InChI is InChI=1S/C13H17NO.ClH/c15-13(12-7-4-10-14-12)9-8-11-5-2-1-3-6-11;/h1-3,5-6,12,14H,4,7-10H2;1H. The second kappa shape index (κ2) is 6.66. The molecule has 0 amide bonds. The molecule has 1 aromatic carbocycles. The lowest BCUT2D eigenvalue weighted by Gasteiger charge is -2.08. The van der Waals surface area contributed by atoms with Crippen LogP contribution in [0.2, 0.25) is 0 Å². The van der Waals surface area contributed by atoms with E-state index in [-0.39, 0.29) is 18.4 Å². The van der Waals surface area contributed by atoms with Crippen LogP contribution < -0.4 is 5.32 Å². The third-order valence-electron chi connectivity index (χ3n) is 2.95. The number of nitrogens with one attached hydrogen (secondary N) is 1. The molecular weight excluding hydrogens is 222 g/mol. The Bertz CT molecular complexity index is 320. The van der Waals surface area contributed by atoms with Crippen LogP contribution in [0.25, 0.3) is 0 Å². The minimum Gasteiger partial charge on any atom is -0.307 e. The van der Waals surface area contributed by atoms with Crippen molar-refractivity contribution in [2.45, 2.75) is 31.7 Å². The molecule has 1 atom stereocenters. The van der Waals surface area contributed by atoms with Gasteiger partial charge >= 0.3 is 0 Å². The first-order chi connectivity index (χ1) is 7.36. The van der Waals surface area contributed by atoms with Gasteiger partial charge in [0.2, 0.25) is 0 Å². The van der Waals surface area contributed by atoms with Gasteiger partial charge in [-0.15, -0.1) is 12.4 Å². The summed E-state index contributed by atoms with van der Waals surface area (Å²) in [5.74, 6) is 0.372. The highest BCUT2D eigenvalue weighted by molar-refractivity contribution is 5.85. The van der Waals surface area contributed by atoms with Gasteiger partial charge in [0.15, 0.2) is 0 Å². The number of ketones is 1. The Labute approximate surface area is 103 Å². The number of carbonyl (C=O) groups excluding carboxylic acids is 1. The number of carbonyl (C=O) groups is 1. The summed E-state index contributed by atoms with van der Waals surface area (Å²) in [7, 11) is 0. The summed E-state index contributed by atoms with van der Waals surface area (Å²) >= 11 is 0. The minimum absolute atomic E-state index is 0. The van der Waals surface area contributed by atoms with E-state index in [4.69, 9.17) is 0 Å². The molecule has 88 valence electrons. The number of rotatable bonds is 4. The van der Waals surface area contributed by atoms with Crippen LogP contribution >= 0.6 is 12.4 Å². The first-order valence-corrected chi connectivity index (χ1v) is 5.66. The van der Waals surface area contributed by atoms with E-state index in [1.807, 2.05) is 18.2 Å². The fourth-order valence-electron chi connectivity index (χ4n) is 2.05. The summed E-state index contributed by atoms with van der Waals surface area (Å²) in [5, 5.41) is 3.24. The molecule has 1 aliphatic rings. The Morgan fingerprint density at radius 1 is 1.31 bits per heavy atom. The van der Waals surface area contributed by atoms with Crippen molar-refractivity contribution in [2.24, 2.45) is 0 Å². The summed E-state index contributed by atoms with van der Waals surface area (Å²) in [6.45, 7) is 1.00. The van der Waals surface area contributed by atoms with Crippen LogP contribution in [0, 0.1) is 0 Å². The number of hydrogen-bond acceptors (Lipinski definition) is 2. The van der Waals surface area contributed by atoms with Crippen LogP contribution in [-0.4, -0.2) is 18.4 Å². The summed E-state index contributed by atoms with van der Waals surface area (Å²) in [6.07, 6.45) is 3.70. The van der Waals surface area contributed by atoms with E-state index >= 15 is 0 Å². The molecule has 2 nitrogen and oxygen atoms in total. The lowest BCUT2D eigenvalue weighted by molar-refractivity contribution is -0.120. The van der Waals surface area contributed by atoms with E-state index in [9.17, 15) is 4.79 Å². The van der Waals surface area contributed by atoms with Crippen molar-refractivity contribution < 1.29 is 4.79 Å². The van der Waals surface area contributed by atoms with Gasteiger partial charge in [-0.25, -0.2) is 0 Å². The zero-order valence-corrected chi connectivity index (χ0v) is 10.1. The maximum Gasteiger partial charge on any atom is 0.150 e. The highest BCUT2D eigenvalue weighted by Gasteiger charge is 2.20. The topological polar surface area (TPSA) is 29.1 Å². The molecule has 1 heterocycles. The Morgan fingerprint density at radius 2 is 2.06 bits per heavy atom. The smallest absolute Gasteiger partial charge is 0.150 e. The molecule has 1 aromatic rings. The Hall–Kier alpha value is -0.860. The normalized spacial score (nSPS) is 19.1. The van der Waals surface area contributed by atoms with E-state index in [2.05, 4.69) is 17.4 Å². The van der Waals surface area contributed by atoms with Crippen molar-refractivity contribution in [3.05, 3.63) is 35.9 Å². The third kappa shape index (κ3) is 3.62. The molecule has 0 spiro atoms. The molecule has 0 saturated carbocycles. The minimum atomic E-state index is 0. The lowest BCUT2D eigenvalue weighted by Crippen LogP contribution is -2.30. The van der Waals surface area contributed by atoms with E-state index in [1.165, 1.54) is 5.56 Å². The maximum atomic E-state index is 11.8. The van der Waals surface area contributed by atoms with Crippen LogP contribution in [0.1, 0.15) is 24.8 Å². The molecular formula is C13H18ClNO. The molecule has 3 heteroatoms. The van der Waals surface area contributed by atoms with Crippen LogP contribution in [0.15, 0.2) is 30.3 Å². The molecule has 16 heavy (non-hydrogen) atoms. The molecule has 1 aliphatic heterocycles. The SMILES string of the molecule is Cl.O=C(CCc1ccccc1)C1CCCN1. The Morgan fingerprint density at radius 3 is 2.69 bits per heavy atom. The quantitative estimate of drug-likeness (QED) is 0.874. The zero-order valence-electron chi connectivity index (χ0n) is 9.32. The van der Waals surface area contributed by atoms with Gasteiger partial charge in [-0.3, -0.25) is 4.79 Å². The Balaban J connectivity index is 0.00000128. The van der Waals surface area contributed by atoms with Gasteiger partial charge in [-0.1, -0.05) is 30.3 Å². The molecule has 1 unspecified atom stereocenters. The van der Waals surface area contributed by atoms with Crippen molar-refractivity contribution in [2.75, 3.05) is 6.54 Å². The Kier molecular flexibility index (Phi) is 5.50. The molecule has 0 aromatic heterocycles. The van der Waals surface area contributed by atoms with Crippen molar-refractivity contribution in [3.63, 3.8) is 0 Å². The monoisotopic (exact) mass is 239 g/mol. The number of benzene rings is 1. The first-order valence-electron chi connectivity index (χ1n) is 5.66. The van der Waals surface area contributed by atoms with Crippen LogP contribution in [0.5, 0.6) is 0 Å². The molecule has 1 fully saturated rings. The van der Waals surface area contributed by atoms with Gasteiger partial charge in [0.25, 0.3) is 0 Å². The fourth-order valence-corrected chi connectivity index (χ4v) is 2.05. The predicted octanol–water partition coefficient (Wildman–Crippen LogP) is 2.36. The van der Waals surface area contributed by atoms with Gasteiger partial charge in [-0.2, -0.15) is 0 Å². The molecule has 0 bridgehead atoms. The first kappa shape index (κ1) is 13.2. The van der Waals surface area contributed by atoms with Gasteiger partial charge in [-0.05, 0) is 31.4 Å². The van der Waals surface area contributed by atoms with E-state index in [0.717, 1.165) is 25.8 Å². The van der Waals surface area contributed by atoms with E-state index in [0.29, 0.717) is 12.2 Å². The summed E-state index contributed by atoms with van der Waals surface area (Å²) in [6, 6.07) is 10.3. The highest BCUT2D eigenvalue weighted by atomic mass is 35.5. The van der Waals surface area contributed by atoms with Crippen molar-refractivity contribution in [1.82, 2.24) is 5.32 Å². The lowest BCUT2D eigenvalue weighted by atomic mass is 10.0. The number of halogens is 1. The zero-order chi connectivity index (χ0) is 10.5. The highest BCUT2D eigenvalue weighted by Crippen LogP contribution is 2.10. The molecule has 2 rings (SSSR count). The second-order valence-corrected chi connectivity index (χ2v) is 4.10. The van der Waals surface area contributed by atoms with Crippen molar-refractivity contribution in [3.8, 4) is 0 Å². The summed E-state index contributed by atoms with van der Waals surface area (Å²) in [5.41, 5.74) is 1.25. The average molecular weight is 240 g/mol.